The fraction of sp³-hybridized carbons (Fsp3) is 0.588. The van der Waals surface area contributed by atoms with Crippen LogP contribution in [0.25, 0.3) is 0 Å². The number of benzene rings is 2. The Hall–Kier alpha value is -2.58. The van der Waals surface area contributed by atoms with Crippen LogP contribution >= 0.6 is 0 Å². The molecule has 0 aromatic heterocycles. The summed E-state index contributed by atoms with van der Waals surface area (Å²) in [6.07, 6.45) is 0.615. The molecule has 3 rings (SSSR count). The zero-order chi connectivity index (χ0) is 30.3. The highest BCUT2D eigenvalue weighted by Gasteiger charge is 2.41. The summed E-state index contributed by atoms with van der Waals surface area (Å²) in [5.74, 6) is -0.264. The second kappa shape index (κ2) is 14.5. The number of aliphatic hydroxyl groups excluding tert-OH is 3. The number of hydrogen-bond acceptors (Lipinski definition) is 6. The van der Waals surface area contributed by atoms with Gasteiger partial charge in [-0.05, 0) is 80.4 Å². The highest BCUT2D eigenvalue weighted by atomic mass is 16.4. The fourth-order valence-electron chi connectivity index (χ4n) is 5.73. The van der Waals surface area contributed by atoms with Crippen molar-refractivity contribution >= 4 is 11.7 Å². The molecule has 1 aliphatic rings. The molecular formula is C34H50N2O5. The lowest BCUT2D eigenvalue weighted by molar-refractivity contribution is -0.134. The molecule has 41 heavy (non-hydrogen) atoms. The van der Waals surface area contributed by atoms with Crippen LogP contribution in [0.15, 0.2) is 42.5 Å². The maximum atomic E-state index is 12.6. The smallest absolute Gasteiger partial charge is 0.226 e. The van der Waals surface area contributed by atoms with Gasteiger partial charge in [-0.3, -0.25) is 9.59 Å². The molecule has 226 valence electrons. The maximum absolute atomic E-state index is 12.6. The molecule has 0 saturated heterocycles. The van der Waals surface area contributed by atoms with E-state index in [4.69, 9.17) is 0 Å². The molecule has 0 unspecified atom stereocenters. The molecule has 0 bridgehead atoms. The summed E-state index contributed by atoms with van der Waals surface area (Å²) in [5, 5.41) is 34.0. The Labute approximate surface area is 246 Å². The number of Topliss-reactive ketones (excluding diaryl/α,β-unsaturated/α-hetero) is 1. The molecule has 5 atom stereocenters. The number of aryl methyl sites for hydroxylation is 2. The van der Waals surface area contributed by atoms with Gasteiger partial charge in [0.1, 0.15) is 11.9 Å². The third-order valence-electron chi connectivity index (χ3n) is 8.56. The molecule has 2 aromatic rings. The van der Waals surface area contributed by atoms with Crippen molar-refractivity contribution in [3.8, 4) is 0 Å². The van der Waals surface area contributed by atoms with Gasteiger partial charge in [-0.15, -0.1) is 0 Å². The first-order valence-electron chi connectivity index (χ1n) is 14.9. The molecular weight excluding hydrogens is 516 g/mol. The Morgan fingerprint density at radius 2 is 1.63 bits per heavy atom. The van der Waals surface area contributed by atoms with Gasteiger partial charge in [-0.1, -0.05) is 63.2 Å². The van der Waals surface area contributed by atoms with Crippen molar-refractivity contribution in [2.24, 2.45) is 11.3 Å². The van der Waals surface area contributed by atoms with E-state index in [1.54, 1.807) is 0 Å². The van der Waals surface area contributed by atoms with Crippen LogP contribution < -0.4 is 5.32 Å². The van der Waals surface area contributed by atoms with Crippen molar-refractivity contribution in [2.75, 3.05) is 27.2 Å². The molecule has 7 heteroatoms. The van der Waals surface area contributed by atoms with Crippen LogP contribution in [0.2, 0.25) is 0 Å². The van der Waals surface area contributed by atoms with E-state index in [0.29, 0.717) is 19.4 Å². The number of hydrogen-bond donors (Lipinski definition) is 4. The van der Waals surface area contributed by atoms with E-state index in [2.05, 4.69) is 48.6 Å². The van der Waals surface area contributed by atoms with E-state index in [1.807, 2.05) is 45.8 Å². The van der Waals surface area contributed by atoms with Crippen LogP contribution in [-0.4, -0.2) is 77.4 Å². The normalized spacial score (nSPS) is 23.0. The minimum Gasteiger partial charge on any atom is -0.390 e. The number of rotatable bonds is 13. The molecule has 7 nitrogen and oxygen atoms in total. The topological polar surface area (TPSA) is 110 Å². The summed E-state index contributed by atoms with van der Waals surface area (Å²) >= 11 is 0. The van der Waals surface area contributed by atoms with Crippen LogP contribution in [0.3, 0.4) is 0 Å². The third kappa shape index (κ3) is 9.20. The summed E-state index contributed by atoms with van der Waals surface area (Å²) in [4.78, 5) is 27.1. The number of nitrogens with zero attached hydrogens (tertiary/aromatic N) is 1. The lowest BCUT2D eigenvalue weighted by atomic mass is 9.73. The van der Waals surface area contributed by atoms with E-state index in [1.165, 1.54) is 22.3 Å². The largest absolute Gasteiger partial charge is 0.390 e. The molecule has 0 spiro atoms. The number of amides is 1. The van der Waals surface area contributed by atoms with Crippen molar-refractivity contribution in [1.82, 2.24) is 10.2 Å². The Balaban J connectivity index is 1.51. The van der Waals surface area contributed by atoms with Gasteiger partial charge in [0, 0.05) is 31.8 Å². The zero-order valence-electron chi connectivity index (χ0n) is 25.7. The monoisotopic (exact) mass is 566 g/mol. The molecule has 1 fully saturated rings. The van der Waals surface area contributed by atoms with Gasteiger partial charge in [0.15, 0.2) is 0 Å². The molecule has 1 amide bonds. The lowest BCUT2D eigenvalue weighted by Gasteiger charge is -2.39. The van der Waals surface area contributed by atoms with Gasteiger partial charge < -0.3 is 25.5 Å². The Morgan fingerprint density at radius 1 is 0.976 bits per heavy atom. The number of aliphatic hydroxyl groups is 3. The highest BCUT2D eigenvalue weighted by Crippen LogP contribution is 2.37. The van der Waals surface area contributed by atoms with E-state index in [-0.39, 0.29) is 29.9 Å². The first kappa shape index (κ1) is 32.9. The quantitative estimate of drug-likeness (QED) is 0.294. The average Bonchev–Trinajstić information content (AvgIpc) is 2.91. The van der Waals surface area contributed by atoms with Gasteiger partial charge in [0.05, 0.1) is 17.6 Å². The number of nitrogens with one attached hydrogen (secondary N) is 1. The van der Waals surface area contributed by atoms with Crippen LogP contribution in [0.1, 0.15) is 80.2 Å². The molecule has 2 aromatic carbocycles. The first-order valence-corrected chi connectivity index (χ1v) is 14.9. The van der Waals surface area contributed by atoms with E-state index in [9.17, 15) is 24.9 Å². The SMILES string of the molecule is Cc1ccc([C@@H]2C[C@H](C)[C@@H](O)[C@H](O)[C@H]2O)cc1Cc1ccc(CCCC(=O)CC(C)(C)C(=O)NCCN(C)C)cc1. The molecule has 1 aliphatic carbocycles. The van der Waals surface area contributed by atoms with Crippen molar-refractivity contribution in [1.29, 1.82) is 0 Å². The van der Waals surface area contributed by atoms with Crippen LogP contribution in [0.5, 0.6) is 0 Å². The van der Waals surface area contributed by atoms with Gasteiger partial charge >= 0.3 is 0 Å². The Kier molecular flexibility index (Phi) is 11.7. The van der Waals surface area contributed by atoms with Crippen LogP contribution in [0.4, 0.5) is 0 Å². The molecule has 0 aliphatic heterocycles. The summed E-state index contributed by atoms with van der Waals surface area (Å²) in [6, 6.07) is 14.7. The first-order chi connectivity index (χ1) is 19.3. The summed E-state index contributed by atoms with van der Waals surface area (Å²) < 4.78 is 0. The second-order valence-electron chi connectivity index (χ2n) is 13.0. The number of carbonyl (C=O) groups is 2. The van der Waals surface area contributed by atoms with Gasteiger partial charge in [0.25, 0.3) is 0 Å². The van der Waals surface area contributed by atoms with Gasteiger partial charge in [0.2, 0.25) is 5.91 Å². The van der Waals surface area contributed by atoms with E-state index in [0.717, 1.165) is 31.4 Å². The van der Waals surface area contributed by atoms with Crippen LogP contribution in [0, 0.1) is 18.3 Å². The lowest BCUT2D eigenvalue weighted by Crippen LogP contribution is -2.49. The molecule has 0 radical (unpaired) electrons. The zero-order valence-corrected chi connectivity index (χ0v) is 25.7. The third-order valence-corrected chi connectivity index (χ3v) is 8.56. The Morgan fingerprint density at radius 3 is 2.29 bits per heavy atom. The van der Waals surface area contributed by atoms with Crippen molar-refractivity contribution in [2.45, 2.75) is 90.4 Å². The highest BCUT2D eigenvalue weighted by molar-refractivity contribution is 5.89. The predicted molar refractivity (Wildman–Crippen MR) is 163 cm³/mol. The van der Waals surface area contributed by atoms with Crippen molar-refractivity contribution < 1.29 is 24.9 Å². The second-order valence-corrected chi connectivity index (χ2v) is 13.0. The van der Waals surface area contributed by atoms with Gasteiger partial charge in [-0.2, -0.15) is 0 Å². The standard InChI is InChI=1S/C34H50N2O5/c1-22-10-15-26(29-18-23(2)30(38)32(40)31(29)39)20-27(22)19-25-13-11-24(12-14-25)8-7-9-28(37)21-34(3,4)33(41)35-16-17-36(5)6/h10-15,20,23,29-32,38-40H,7-9,16-19,21H2,1-6H3,(H,35,41)/t23-,29-,30+,31-,32-/m0/s1. The predicted octanol–water partition coefficient (Wildman–Crippen LogP) is 3.78. The minimum atomic E-state index is -1.14. The number of ketones is 1. The fourth-order valence-corrected chi connectivity index (χ4v) is 5.73. The van der Waals surface area contributed by atoms with E-state index < -0.39 is 23.7 Å². The van der Waals surface area contributed by atoms with Crippen molar-refractivity contribution in [3.63, 3.8) is 0 Å². The van der Waals surface area contributed by atoms with Crippen molar-refractivity contribution in [3.05, 3.63) is 70.3 Å². The number of likely N-dealkylation sites (N-methyl/N-ethyl adjacent to an activating group) is 1. The van der Waals surface area contributed by atoms with E-state index >= 15 is 0 Å². The molecule has 1 saturated carbocycles. The summed E-state index contributed by atoms with van der Waals surface area (Å²) in [5.41, 5.74) is 4.99. The number of carbonyl (C=O) groups excluding carboxylic acids is 2. The summed E-state index contributed by atoms with van der Waals surface area (Å²) in [6.45, 7) is 8.99. The summed E-state index contributed by atoms with van der Waals surface area (Å²) in [7, 11) is 3.92. The van der Waals surface area contributed by atoms with Crippen LogP contribution in [-0.2, 0) is 22.4 Å². The minimum absolute atomic E-state index is 0.0788. The molecule has 4 N–H and O–H groups in total. The molecule has 0 heterocycles. The van der Waals surface area contributed by atoms with Gasteiger partial charge in [-0.25, -0.2) is 0 Å². The average molecular weight is 567 g/mol. The Bertz CT molecular complexity index is 1160. The maximum Gasteiger partial charge on any atom is 0.226 e.